The molecule has 1 amide bonds. The maximum Gasteiger partial charge on any atom is 0.231 e. The molecule has 1 atom stereocenters. The van der Waals surface area contributed by atoms with Crippen molar-refractivity contribution in [2.75, 3.05) is 58.6 Å². The van der Waals surface area contributed by atoms with Crippen molar-refractivity contribution in [2.24, 2.45) is 0 Å². The van der Waals surface area contributed by atoms with E-state index in [0.717, 1.165) is 54.7 Å². The number of likely N-dealkylation sites (N-methyl/N-ethyl adjacent to an activating group) is 1. The second-order valence-corrected chi connectivity index (χ2v) is 9.25. The lowest BCUT2D eigenvalue weighted by molar-refractivity contribution is -0.132. The van der Waals surface area contributed by atoms with Crippen LogP contribution in [0.2, 0.25) is 0 Å². The maximum absolute atomic E-state index is 13.4. The van der Waals surface area contributed by atoms with Gasteiger partial charge in [-0.05, 0) is 47.1 Å². The zero-order valence-corrected chi connectivity index (χ0v) is 20.1. The van der Waals surface area contributed by atoms with Gasteiger partial charge in [-0.15, -0.1) is 0 Å². The lowest BCUT2D eigenvalue weighted by Crippen LogP contribution is -2.49. The fourth-order valence-corrected chi connectivity index (χ4v) is 5.70. The van der Waals surface area contributed by atoms with E-state index in [1.807, 2.05) is 11.0 Å². The van der Waals surface area contributed by atoms with E-state index in [2.05, 4.69) is 57.0 Å². The van der Waals surface area contributed by atoms with Gasteiger partial charge in [0.25, 0.3) is 0 Å². The van der Waals surface area contributed by atoms with Gasteiger partial charge in [0.15, 0.2) is 11.5 Å². The molecule has 32 heavy (non-hydrogen) atoms. The van der Waals surface area contributed by atoms with Gasteiger partial charge in [-0.25, -0.2) is 0 Å². The third kappa shape index (κ3) is 3.69. The van der Waals surface area contributed by atoms with Gasteiger partial charge in [-0.3, -0.25) is 9.69 Å². The Kier molecular flexibility index (Phi) is 5.90. The number of piperazine rings is 1. The second kappa shape index (κ2) is 8.83. The SMILES string of the molecule is COc1c2c(c(Br)c3c1C(CC(=O)N1CCN(c4ccccc4)CC1)N(C)CC3)OCO2. The molecule has 0 aromatic heterocycles. The number of benzene rings is 2. The Balaban J connectivity index is 1.35. The maximum atomic E-state index is 13.4. The molecule has 170 valence electrons. The Morgan fingerprint density at radius 3 is 2.53 bits per heavy atom. The minimum absolute atomic E-state index is 0.0702. The summed E-state index contributed by atoms with van der Waals surface area (Å²) >= 11 is 3.72. The van der Waals surface area contributed by atoms with Gasteiger partial charge in [-0.1, -0.05) is 18.2 Å². The van der Waals surface area contributed by atoms with Crippen LogP contribution in [0.25, 0.3) is 0 Å². The number of amides is 1. The molecule has 0 saturated carbocycles. The molecule has 0 aliphatic carbocycles. The molecule has 3 heterocycles. The van der Waals surface area contributed by atoms with Crippen molar-refractivity contribution in [2.45, 2.75) is 18.9 Å². The molecule has 1 unspecified atom stereocenters. The summed E-state index contributed by atoms with van der Waals surface area (Å²) in [6.45, 7) is 4.21. The first kappa shape index (κ1) is 21.4. The molecule has 0 N–H and O–H groups in total. The van der Waals surface area contributed by atoms with E-state index in [1.54, 1.807) is 7.11 Å². The molecule has 1 fully saturated rings. The van der Waals surface area contributed by atoms with E-state index in [1.165, 1.54) is 5.69 Å². The number of anilines is 1. The van der Waals surface area contributed by atoms with E-state index in [0.29, 0.717) is 23.7 Å². The number of nitrogens with zero attached hydrogens (tertiary/aromatic N) is 3. The lowest BCUT2D eigenvalue weighted by atomic mass is 9.89. The molecule has 0 bridgehead atoms. The van der Waals surface area contributed by atoms with E-state index < -0.39 is 0 Å². The van der Waals surface area contributed by atoms with Gasteiger partial charge in [0.1, 0.15) is 0 Å². The minimum atomic E-state index is -0.0702. The fraction of sp³-hybridized carbons (Fsp3) is 0.458. The van der Waals surface area contributed by atoms with Crippen LogP contribution in [0.1, 0.15) is 23.6 Å². The molecule has 5 rings (SSSR count). The predicted molar refractivity (Wildman–Crippen MR) is 126 cm³/mol. The van der Waals surface area contributed by atoms with Gasteiger partial charge >= 0.3 is 0 Å². The summed E-state index contributed by atoms with van der Waals surface area (Å²) in [6, 6.07) is 10.3. The van der Waals surface area contributed by atoms with E-state index in [9.17, 15) is 4.79 Å². The quantitative estimate of drug-likeness (QED) is 0.639. The number of carbonyl (C=O) groups is 1. The van der Waals surface area contributed by atoms with Crippen LogP contribution < -0.4 is 19.1 Å². The number of ether oxygens (including phenoxy) is 3. The number of para-hydroxylation sites is 1. The molecule has 7 nitrogen and oxygen atoms in total. The third-order valence-corrected chi connectivity index (χ3v) is 7.60. The summed E-state index contributed by atoms with van der Waals surface area (Å²) in [5.41, 5.74) is 3.40. The topological polar surface area (TPSA) is 54.5 Å². The van der Waals surface area contributed by atoms with Crippen LogP contribution in [-0.2, 0) is 11.2 Å². The average molecular weight is 502 g/mol. The highest BCUT2D eigenvalue weighted by atomic mass is 79.9. The number of carbonyl (C=O) groups excluding carboxylic acids is 1. The van der Waals surface area contributed by atoms with Crippen molar-refractivity contribution < 1.29 is 19.0 Å². The molecule has 1 saturated heterocycles. The van der Waals surface area contributed by atoms with Crippen molar-refractivity contribution in [1.82, 2.24) is 9.80 Å². The monoisotopic (exact) mass is 501 g/mol. The van der Waals surface area contributed by atoms with Crippen LogP contribution in [0.4, 0.5) is 5.69 Å². The highest BCUT2D eigenvalue weighted by Gasteiger charge is 2.38. The van der Waals surface area contributed by atoms with Crippen molar-refractivity contribution in [3.05, 3.63) is 45.9 Å². The molecule has 8 heteroatoms. The summed E-state index contributed by atoms with van der Waals surface area (Å²) in [6.07, 6.45) is 1.27. The summed E-state index contributed by atoms with van der Waals surface area (Å²) in [7, 11) is 3.73. The first-order valence-electron chi connectivity index (χ1n) is 11.0. The van der Waals surface area contributed by atoms with Crippen molar-refractivity contribution in [3.8, 4) is 17.2 Å². The number of methoxy groups -OCH3 is 1. The van der Waals surface area contributed by atoms with E-state index >= 15 is 0 Å². The minimum Gasteiger partial charge on any atom is -0.492 e. The Morgan fingerprint density at radius 1 is 1.09 bits per heavy atom. The average Bonchev–Trinajstić information content (AvgIpc) is 3.32. The smallest absolute Gasteiger partial charge is 0.231 e. The molecule has 3 aliphatic rings. The largest absolute Gasteiger partial charge is 0.492 e. The zero-order chi connectivity index (χ0) is 22.2. The Hall–Kier alpha value is -2.45. The standard InChI is InChI=1S/C24H28BrN3O4/c1-26-9-8-17-20(22(30-2)24-23(21(17)25)31-15-32-24)18(26)14-19(29)28-12-10-27(11-13-28)16-6-4-3-5-7-16/h3-7,18H,8-15H2,1-2H3. The Bertz CT molecular complexity index is 1010. The second-order valence-electron chi connectivity index (χ2n) is 8.46. The summed E-state index contributed by atoms with van der Waals surface area (Å²) in [4.78, 5) is 19.9. The van der Waals surface area contributed by atoms with Gasteiger partial charge in [-0.2, -0.15) is 0 Å². The van der Waals surface area contributed by atoms with Gasteiger partial charge in [0.2, 0.25) is 18.4 Å². The van der Waals surface area contributed by atoms with Crippen LogP contribution in [-0.4, -0.2) is 69.4 Å². The van der Waals surface area contributed by atoms with Crippen LogP contribution in [0.5, 0.6) is 17.2 Å². The zero-order valence-electron chi connectivity index (χ0n) is 18.5. The summed E-state index contributed by atoms with van der Waals surface area (Å²) in [5, 5.41) is 0. The van der Waals surface area contributed by atoms with Gasteiger partial charge in [0.05, 0.1) is 11.6 Å². The molecule has 3 aliphatic heterocycles. The van der Waals surface area contributed by atoms with Crippen molar-refractivity contribution >= 4 is 27.5 Å². The summed E-state index contributed by atoms with van der Waals surface area (Å²) in [5.74, 6) is 2.20. The van der Waals surface area contributed by atoms with Crippen LogP contribution in [0.15, 0.2) is 34.8 Å². The number of hydrogen-bond acceptors (Lipinski definition) is 6. The molecule has 0 radical (unpaired) electrons. The van der Waals surface area contributed by atoms with Gasteiger partial charge < -0.3 is 24.0 Å². The number of fused-ring (bicyclic) bond motifs is 2. The van der Waals surface area contributed by atoms with Crippen LogP contribution in [0, 0.1) is 0 Å². The number of hydrogen-bond donors (Lipinski definition) is 0. The normalized spacial score (nSPS) is 20.3. The van der Waals surface area contributed by atoms with Crippen LogP contribution in [0.3, 0.4) is 0 Å². The molecular weight excluding hydrogens is 474 g/mol. The first-order chi connectivity index (χ1) is 15.6. The third-order valence-electron chi connectivity index (χ3n) is 6.76. The predicted octanol–water partition coefficient (Wildman–Crippen LogP) is 3.45. The van der Waals surface area contributed by atoms with Crippen LogP contribution >= 0.6 is 15.9 Å². The molecule has 0 spiro atoms. The van der Waals surface area contributed by atoms with E-state index in [-0.39, 0.29) is 18.7 Å². The van der Waals surface area contributed by atoms with Crippen molar-refractivity contribution in [1.29, 1.82) is 0 Å². The fourth-order valence-electron chi connectivity index (χ4n) is 4.99. The number of rotatable bonds is 4. The molecule has 2 aromatic carbocycles. The summed E-state index contributed by atoms with van der Waals surface area (Å²) < 4.78 is 18.1. The van der Waals surface area contributed by atoms with Gasteiger partial charge in [0, 0.05) is 56.4 Å². The van der Waals surface area contributed by atoms with E-state index in [4.69, 9.17) is 14.2 Å². The highest BCUT2D eigenvalue weighted by molar-refractivity contribution is 9.10. The highest BCUT2D eigenvalue weighted by Crippen LogP contribution is 2.54. The van der Waals surface area contributed by atoms with Crippen molar-refractivity contribution in [3.63, 3.8) is 0 Å². The Labute approximate surface area is 196 Å². The first-order valence-corrected chi connectivity index (χ1v) is 11.8. The Morgan fingerprint density at radius 2 is 1.81 bits per heavy atom. The lowest BCUT2D eigenvalue weighted by Gasteiger charge is -2.39. The molecule has 2 aromatic rings. The molecular formula is C24H28BrN3O4. The number of halogens is 1.